The van der Waals surface area contributed by atoms with Crippen LogP contribution in [0, 0.1) is 0 Å². The maximum Gasteiger partial charge on any atom is 0.320 e. The minimum absolute atomic E-state index is 0.187. The molecule has 2 aromatic rings. The third kappa shape index (κ3) is 4.21. The second-order valence-electron chi connectivity index (χ2n) is 6.67. The van der Waals surface area contributed by atoms with Crippen molar-refractivity contribution in [3.05, 3.63) is 42.6 Å². The standard InChI is InChI=1S/C19H23N5O/c25-19(22-15-3-4-15)23-18-10-7-16(13-20-18)21-14-5-8-17(9-6-14)24-11-1-2-12-24/h5-10,13,15,21H,1-4,11-12H2,(H2,20,22,23,25). The lowest BCUT2D eigenvalue weighted by Crippen LogP contribution is -2.30. The molecule has 1 aliphatic heterocycles. The molecule has 130 valence electrons. The number of nitrogens with zero attached hydrogens (tertiary/aromatic N) is 2. The van der Waals surface area contributed by atoms with Gasteiger partial charge in [-0.15, -0.1) is 0 Å². The Morgan fingerprint density at radius 3 is 2.36 bits per heavy atom. The zero-order valence-electron chi connectivity index (χ0n) is 14.2. The zero-order valence-corrected chi connectivity index (χ0v) is 14.2. The van der Waals surface area contributed by atoms with E-state index in [1.807, 2.05) is 6.07 Å². The summed E-state index contributed by atoms with van der Waals surface area (Å²) in [5.74, 6) is 0.549. The summed E-state index contributed by atoms with van der Waals surface area (Å²) < 4.78 is 0. The number of rotatable bonds is 5. The molecule has 6 heteroatoms. The van der Waals surface area contributed by atoms with Crippen LogP contribution in [-0.2, 0) is 0 Å². The van der Waals surface area contributed by atoms with E-state index in [1.165, 1.54) is 18.5 Å². The van der Waals surface area contributed by atoms with Crippen molar-refractivity contribution in [2.45, 2.75) is 31.7 Å². The zero-order chi connectivity index (χ0) is 17.1. The summed E-state index contributed by atoms with van der Waals surface area (Å²) in [6, 6.07) is 12.3. The summed E-state index contributed by atoms with van der Waals surface area (Å²) in [5.41, 5.74) is 3.20. The lowest BCUT2D eigenvalue weighted by Gasteiger charge is -2.18. The molecule has 0 spiro atoms. The second kappa shape index (κ2) is 7.01. The van der Waals surface area contributed by atoms with Crippen molar-refractivity contribution in [1.29, 1.82) is 0 Å². The number of hydrogen-bond donors (Lipinski definition) is 3. The maximum absolute atomic E-state index is 11.7. The number of anilines is 4. The monoisotopic (exact) mass is 337 g/mol. The number of urea groups is 1. The molecular formula is C19H23N5O. The van der Waals surface area contributed by atoms with Gasteiger partial charge >= 0.3 is 6.03 Å². The number of carbonyl (C=O) groups excluding carboxylic acids is 1. The van der Waals surface area contributed by atoms with Crippen molar-refractivity contribution in [2.75, 3.05) is 28.6 Å². The van der Waals surface area contributed by atoms with Crippen LogP contribution in [0.5, 0.6) is 0 Å². The number of aromatic nitrogens is 1. The van der Waals surface area contributed by atoms with Crippen molar-refractivity contribution in [3.8, 4) is 0 Å². The quantitative estimate of drug-likeness (QED) is 0.778. The Kier molecular flexibility index (Phi) is 4.41. The summed E-state index contributed by atoms with van der Waals surface area (Å²) in [6.07, 6.45) is 6.43. The maximum atomic E-state index is 11.7. The lowest BCUT2D eigenvalue weighted by molar-refractivity contribution is 0.251. The highest BCUT2D eigenvalue weighted by Gasteiger charge is 2.23. The fourth-order valence-electron chi connectivity index (χ4n) is 3.00. The molecule has 1 saturated heterocycles. The van der Waals surface area contributed by atoms with Gasteiger partial charge in [-0.1, -0.05) is 0 Å². The SMILES string of the molecule is O=C(Nc1ccc(Nc2ccc(N3CCCC3)cc2)cn1)NC1CC1. The smallest absolute Gasteiger partial charge is 0.320 e. The second-order valence-corrected chi connectivity index (χ2v) is 6.67. The van der Waals surface area contributed by atoms with Gasteiger partial charge < -0.3 is 15.5 Å². The molecule has 25 heavy (non-hydrogen) atoms. The molecule has 2 heterocycles. The van der Waals surface area contributed by atoms with E-state index in [0.29, 0.717) is 11.9 Å². The van der Waals surface area contributed by atoms with Crippen LogP contribution < -0.4 is 20.9 Å². The Bertz CT molecular complexity index is 718. The first-order valence-corrected chi connectivity index (χ1v) is 8.92. The van der Waals surface area contributed by atoms with E-state index in [0.717, 1.165) is 37.3 Å². The molecule has 2 amide bonds. The van der Waals surface area contributed by atoms with Crippen LogP contribution in [0.1, 0.15) is 25.7 Å². The molecule has 2 fully saturated rings. The number of amides is 2. The van der Waals surface area contributed by atoms with Crippen molar-refractivity contribution < 1.29 is 4.79 Å². The fraction of sp³-hybridized carbons (Fsp3) is 0.368. The summed E-state index contributed by atoms with van der Waals surface area (Å²) in [5, 5.41) is 8.96. The Hall–Kier alpha value is -2.76. The van der Waals surface area contributed by atoms with Gasteiger partial charge in [0.25, 0.3) is 0 Å². The average Bonchev–Trinajstić information content (AvgIpc) is 3.26. The first-order valence-electron chi connectivity index (χ1n) is 8.92. The molecular weight excluding hydrogens is 314 g/mol. The minimum atomic E-state index is -0.187. The van der Waals surface area contributed by atoms with Gasteiger partial charge in [0.1, 0.15) is 5.82 Å². The number of benzene rings is 1. The van der Waals surface area contributed by atoms with E-state index in [1.54, 1.807) is 12.3 Å². The van der Waals surface area contributed by atoms with Gasteiger partial charge in [-0.3, -0.25) is 5.32 Å². The first-order chi connectivity index (χ1) is 12.3. The van der Waals surface area contributed by atoms with Crippen LogP contribution >= 0.6 is 0 Å². The average molecular weight is 337 g/mol. The lowest BCUT2D eigenvalue weighted by atomic mass is 10.2. The van der Waals surface area contributed by atoms with Crippen LogP contribution in [0.3, 0.4) is 0 Å². The number of nitrogens with one attached hydrogen (secondary N) is 3. The van der Waals surface area contributed by atoms with E-state index in [4.69, 9.17) is 0 Å². The molecule has 0 atom stereocenters. The van der Waals surface area contributed by atoms with Gasteiger partial charge in [0.2, 0.25) is 0 Å². The highest BCUT2D eigenvalue weighted by atomic mass is 16.2. The molecule has 0 bridgehead atoms. The molecule has 4 rings (SSSR count). The molecule has 3 N–H and O–H groups in total. The summed E-state index contributed by atoms with van der Waals surface area (Å²) in [7, 11) is 0. The molecule has 1 aromatic carbocycles. The molecule has 1 aliphatic carbocycles. The van der Waals surface area contributed by atoms with Gasteiger partial charge in [0.15, 0.2) is 0 Å². The van der Waals surface area contributed by atoms with E-state index in [-0.39, 0.29) is 6.03 Å². The highest BCUT2D eigenvalue weighted by molar-refractivity contribution is 5.88. The van der Waals surface area contributed by atoms with Crippen LogP contribution in [0.15, 0.2) is 42.6 Å². The summed E-state index contributed by atoms with van der Waals surface area (Å²) in [6.45, 7) is 2.30. The molecule has 6 nitrogen and oxygen atoms in total. The van der Waals surface area contributed by atoms with E-state index >= 15 is 0 Å². The summed E-state index contributed by atoms with van der Waals surface area (Å²) >= 11 is 0. The normalized spacial score (nSPS) is 16.6. The van der Waals surface area contributed by atoms with Gasteiger partial charge in [-0.05, 0) is 62.1 Å². The third-order valence-electron chi connectivity index (χ3n) is 4.54. The van der Waals surface area contributed by atoms with Gasteiger partial charge in [0, 0.05) is 30.5 Å². The predicted octanol–water partition coefficient (Wildman–Crippen LogP) is 3.71. The highest BCUT2D eigenvalue weighted by Crippen LogP contribution is 2.24. The van der Waals surface area contributed by atoms with Crippen molar-refractivity contribution in [3.63, 3.8) is 0 Å². The van der Waals surface area contributed by atoms with Crippen molar-refractivity contribution >= 4 is 28.9 Å². The first kappa shape index (κ1) is 15.7. The molecule has 1 aromatic heterocycles. The Labute approximate surface area is 147 Å². The van der Waals surface area contributed by atoms with Gasteiger partial charge in [-0.2, -0.15) is 0 Å². The number of pyridine rings is 1. The predicted molar refractivity (Wildman–Crippen MR) is 101 cm³/mol. The fourth-order valence-corrected chi connectivity index (χ4v) is 3.00. The van der Waals surface area contributed by atoms with E-state index in [9.17, 15) is 4.79 Å². The minimum Gasteiger partial charge on any atom is -0.372 e. The Morgan fingerprint density at radius 2 is 1.72 bits per heavy atom. The molecule has 1 saturated carbocycles. The van der Waals surface area contributed by atoms with Crippen LogP contribution in [0.2, 0.25) is 0 Å². The number of hydrogen-bond acceptors (Lipinski definition) is 4. The van der Waals surface area contributed by atoms with Gasteiger partial charge in [0.05, 0.1) is 11.9 Å². The Balaban J connectivity index is 1.33. The van der Waals surface area contributed by atoms with Crippen molar-refractivity contribution in [1.82, 2.24) is 10.3 Å². The van der Waals surface area contributed by atoms with E-state index < -0.39 is 0 Å². The molecule has 2 aliphatic rings. The van der Waals surface area contributed by atoms with Crippen molar-refractivity contribution in [2.24, 2.45) is 0 Å². The Morgan fingerprint density at radius 1 is 1.00 bits per heavy atom. The third-order valence-corrected chi connectivity index (χ3v) is 4.54. The van der Waals surface area contributed by atoms with Crippen LogP contribution in [0.4, 0.5) is 27.7 Å². The summed E-state index contributed by atoms with van der Waals surface area (Å²) in [4.78, 5) is 18.4. The number of carbonyl (C=O) groups is 1. The van der Waals surface area contributed by atoms with E-state index in [2.05, 4.69) is 50.1 Å². The molecule has 0 unspecified atom stereocenters. The van der Waals surface area contributed by atoms with Crippen LogP contribution in [0.25, 0.3) is 0 Å². The van der Waals surface area contributed by atoms with Gasteiger partial charge in [-0.25, -0.2) is 9.78 Å². The largest absolute Gasteiger partial charge is 0.372 e. The molecule has 0 radical (unpaired) electrons. The van der Waals surface area contributed by atoms with Crippen LogP contribution in [-0.4, -0.2) is 30.1 Å². The topological polar surface area (TPSA) is 69.3 Å².